The lowest BCUT2D eigenvalue weighted by Gasteiger charge is -2.28. The zero-order valence-electron chi connectivity index (χ0n) is 8.24. The van der Waals surface area contributed by atoms with Crippen LogP contribution in [0.15, 0.2) is 24.3 Å². The van der Waals surface area contributed by atoms with E-state index in [2.05, 4.69) is 5.32 Å². The van der Waals surface area contributed by atoms with Gasteiger partial charge in [-0.15, -0.1) is 0 Å². The van der Waals surface area contributed by atoms with Gasteiger partial charge < -0.3 is 11.1 Å². The fraction of sp³-hybridized carbons (Fsp3) is 0.364. The van der Waals surface area contributed by atoms with Crippen molar-refractivity contribution in [1.82, 2.24) is 5.32 Å². The van der Waals surface area contributed by atoms with Gasteiger partial charge in [0, 0.05) is 18.0 Å². The lowest BCUT2D eigenvalue weighted by molar-refractivity contribution is -0.123. The molecule has 3 N–H and O–H groups in total. The van der Waals surface area contributed by atoms with Crippen molar-refractivity contribution in [2.45, 2.75) is 24.9 Å². The van der Waals surface area contributed by atoms with Crippen molar-refractivity contribution < 1.29 is 9.18 Å². The van der Waals surface area contributed by atoms with E-state index in [1.54, 1.807) is 18.2 Å². The Kier molecular flexibility index (Phi) is 2.68. The molecule has 1 aliphatic heterocycles. The molecule has 1 aliphatic rings. The number of piperidine rings is 1. The van der Waals surface area contributed by atoms with Gasteiger partial charge in [-0.05, 0) is 12.5 Å². The number of amides is 1. The van der Waals surface area contributed by atoms with Gasteiger partial charge in [0.25, 0.3) is 0 Å². The minimum Gasteiger partial charge on any atom is -0.349 e. The van der Waals surface area contributed by atoms with Crippen LogP contribution in [0.3, 0.4) is 0 Å². The fourth-order valence-electron chi connectivity index (χ4n) is 1.90. The van der Waals surface area contributed by atoms with Crippen LogP contribution in [0.1, 0.15) is 24.4 Å². The largest absolute Gasteiger partial charge is 0.349 e. The molecule has 1 aromatic rings. The molecule has 1 saturated heterocycles. The Labute approximate surface area is 87.5 Å². The molecule has 80 valence electrons. The van der Waals surface area contributed by atoms with Crippen molar-refractivity contribution >= 4 is 5.91 Å². The quantitative estimate of drug-likeness (QED) is 0.726. The van der Waals surface area contributed by atoms with Gasteiger partial charge in [0.1, 0.15) is 5.82 Å². The maximum Gasteiger partial charge on any atom is 0.222 e. The van der Waals surface area contributed by atoms with E-state index in [-0.39, 0.29) is 23.8 Å². The predicted molar refractivity (Wildman–Crippen MR) is 54.5 cm³/mol. The van der Waals surface area contributed by atoms with Crippen LogP contribution in [0.4, 0.5) is 4.39 Å². The van der Waals surface area contributed by atoms with Gasteiger partial charge in [0.15, 0.2) is 0 Å². The fourth-order valence-corrected chi connectivity index (χ4v) is 1.90. The highest BCUT2D eigenvalue weighted by molar-refractivity contribution is 5.78. The molecule has 2 atom stereocenters. The van der Waals surface area contributed by atoms with E-state index >= 15 is 0 Å². The molecule has 0 aromatic heterocycles. The second-order valence-corrected chi connectivity index (χ2v) is 3.84. The first-order valence-corrected chi connectivity index (χ1v) is 4.96. The standard InChI is InChI=1S/C11H13FN2O/c12-9-4-2-1-3-8(9)10-5-7(13)6-11(15)14-10/h1-4,7,10H,5-6,13H2,(H,14,15). The van der Waals surface area contributed by atoms with Gasteiger partial charge in [-0.25, -0.2) is 4.39 Å². The van der Waals surface area contributed by atoms with Crippen LogP contribution in [-0.4, -0.2) is 11.9 Å². The van der Waals surface area contributed by atoms with Crippen LogP contribution in [0, 0.1) is 5.82 Å². The summed E-state index contributed by atoms with van der Waals surface area (Å²) in [5, 5.41) is 2.74. The lowest BCUT2D eigenvalue weighted by atomic mass is 9.94. The van der Waals surface area contributed by atoms with E-state index < -0.39 is 0 Å². The number of halogens is 1. The number of carbonyl (C=O) groups is 1. The third kappa shape index (κ3) is 2.15. The molecule has 1 fully saturated rings. The second kappa shape index (κ2) is 3.98. The molecule has 4 heteroatoms. The van der Waals surface area contributed by atoms with Gasteiger partial charge in [-0.3, -0.25) is 4.79 Å². The highest BCUT2D eigenvalue weighted by Crippen LogP contribution is 2.24. The summed E-state index contributed by atoms with van der Waals surface area (Å²) in [5.41, 5.74) is 6.23. The number of hydrogen-bond donors (Lipinski definition) is 2. The summed E-state index contributed by atoms with van der Waals surface area (Å²) < 4.78 is 13.4. The van der Waals surface area contributed by atoms with E-state index in [1.165, 1.54) is 6.07 Å². The van der Waals surface area contributed by atoms with Crippen molar-refractivity contribution in [3.05, 3.63) is 35.6 Å². The monoisotopic (exact) mass is 208 g/mol. The second-order valence-electron chi connectivity index (χ2n) is 3.84. The Balaban J connectivity index is 2.23. The minimum absolute atomic E-state index is 0.109. The summed E-state index contributed by atoms with van der Waals surface area (Å²) in [5.74, 6) is -0.404. The van der Waals surface area contributed by atoms with Crippen molar-refractivity contribution in [3.63, 3.8) is 0 Å². The normalized spacial score (nSPS) is 26.1. The van der Waals surface area contributed by atoms with Gasteiger partial charge in [-0.1, -0.05) is 18.2 Å². The number of carbonyl (C=O) groups excluding carboxylic acids is 1. The highest BCUT2D eigenvalue weighted by atomic mass is 19.1. The molecule has 0 aliphatic carbocycles. The van der Waals surface area contributed by atoms with E-state index in [0.29, 0.717) is 18.4 Å². The average molecular weight is 208 g/mol. The van der Waals surface area contributed by atoms with Crippen LogP contribution in [-0.2, 0) is 4.79 Å². The molecular weight excluding hydrogens is 195 g/mol. The average Bonchev–Trinajstić information content (AvgIpc) is 2.16. The molecular formula is C11H13FN2O. The molecule has 2 unspecified atom stereocenters. The topological polar surface area (TPSA) is 55.1 Å². The van der Waals surface area contributed by atoms with Crippen molar-refractivity contribution in [1.29, 1.82) is 0 Å². The molecule has 1 heterocycles. The number of nitrogens with two attached hydrogens (primary N) is 1. The zero-order chi connectivity index (χ0) is 10.8. The first-order valence-electron chi connectivity index (χ1n) is 4.96. The van der Waals surface area contributed by atoms with E-state index in [9.17, 15) is 9.18 Å². The zero-order valence-corrected chi connectivity index (χ0v) is 8.24. The summed E-state index contributed by atoms with van der Waals surface area (Å²) >= 11 is 0. The Morgan fingerprint density at radius 3 is 2.80 bits per heavy atom. The third-order valence-electron chi connectivity index (χ3n) is 2.60. The van der Waals surface area contributed by atoms with Crippen LogP contribution in [0.5, 0.6) is 0 Å². The number of benzene rings is 1. The SMILES string of the molecule is NC1CC(=O)NC(c2ccccc2F)C1. The summed E-state index contributed by atoms with van der Waals surface area (Å²) in [6.07, 6.45) is 0.914. The molecule has 0 radical (unpaired) electrons. The molecule has 15 heavy (non-hydrogen) atoms. The van der Waals surface area contributed by atoms with Crippen molar-refractivity contribution in [3.8, 4) is 0 Å². The van der Waals surface area contributed by atoms with Crippen molar-refractivity contribution in [2.24, 2.45) is 5.73 Å². The third-order valence-corrected chi connectivity index (χ3v) is 2.60. The Morgan fingerprint density at radius 1 is 1.40 bits per heavy atom. The smallest absolute Gasteiger partial charge is 0.222 e. The maximum absolute atomic E-state index is 13.4. The van der Waals surface area contributed by atoms with Crippen LogP contribution >= 0.6 is 0 Å². The summed E-state index contributed by atoms with van der Waals surface area (Å²) in [7, 11) is 0. The van der Waals surface area contributed by atoms with Crippen LogP contribution < -0.4 is 11.1 Å². The molecule has 0 bridgehead atoms. The van der Waals surface area contributed by atoms with Crippen molar-refractivity contribution in [2.75, 3.05) is 0 Å². The predicted octanol–water partition coefficient (Wildman–Crippen LogP) is 1.10. The van der Waals surface area contributed by atoms with Gasteiger partial charge in [0.2, 0.25) is 5.91 Å². The molecule has 1 amide bonds. The first-order chi connectivity index (χ1) is 7.16. The Bertz CT molecular complexity index is 381. The first kappa shape index (κ1) is 10.1. The number of nitrogens with one attached hydrogen (secondary N) is 1. The van der Waals surface area contributed by atoms with Gasteiger partial charge in [0.05, 0.1) is 6.04 Å². The summed E-state index contributed by atoms with van der Waals surface area (Å²) in [6.45, 7) is 0. The van der Waals surface area contributed by atoms with Gasteiger partial charge in [-0.2, -0.15) is 0 Å². The molecule has 3 nitrogen and oxygen atoms in total. The van der Waals surface area contributed by atoms with Crippen LogP contribution in [0.25, 0.3) is 0 Å². The summed E-state index contributed by atoms with van der Waals surface area (Å²) in [6, 6.07) is 5.99. The molecule has 1 aromatic carbocycles. The highest BCUT2D eigenvalue weighted by Gasteiger charge is 2.26. The number of hydrogen-bond acceptors (Lipinski definition) is 2. The number of rotatable bonds is 1. The minimum atomic E-state index is -0.295. The lowest BCUT2D eigenvalue weighted by Crippen LogP contribution is -2.42. The molecule has 0 spiro atoms. The Hall–Kier alpha value is -1.42. The molecule has 0 saturated carbocycles. The van der Waals surface area contributed by atoms with E-state index in [1.807, 2.05) is 0 Å². The van der Waals surface area contributed by atoms with Gasteiger partial charge >= 0.3 is 0 Å². The van der Waals surface area contributed by atoms with E-state index in [0.717, 1.165) is 0 Å². The van der Waals surface area contributed by atoms with Crippen LogP contribution in [0.2, 0.25) is 0 Å². The maximum atomic E-state index is 13.4. The van der Waals surface area contributed by atoms with E-state index in [4.69, 9.17) is 5.73 Å². The molecule has 2 rings (SSSR count). The Morgan fingerprint density at radius 2 is 2.13 bits per heavy atom. The summed E-state index contributed by atoms with van der Waals surface area (Å²) in [4.78, 5) is 11.3.